The molecule has 6 heteroatoms. The molecule has 24 heavy (non-hydrogen) atoms. The summed E-state index contributed by atoms with van der Waals surface area (Å²) in [4.78, 5) is 0.337. The van der Waals surface area contributed by atoms with Crippen molar-refractivity contribution in [3.63, 3.8) is 0 Å². The van der Waals surface area contributed by atoms with Crippen LogP contribution in [-0.4, -0.2) is 27.0 Å². The van der Waals surface area contributed by atoms with Gasteiger partial charge in [-0.05, 0) is 37.9 Å². The molecule has 130 valence electrons. The molecule has 4 nitrogen and oxygen atoms in total. The van der Waals surface area contributed by atoms with Gasteiger partial charge in [0, 0.05) is 17.6 Å². The lowest BCUT2D eigenvalue weighted by atomic mass is 10.0. The zero-order valence-electron chi connectivity index (χ0n) is 13.6. The summed E-state index contributed by atoms with van der Waals surface area (Å²) in [7, 11) is -3.56. The molecule has 1 aliphatic heterocycles. The summed E-state index contributed by atoms with van der Waals surface area (Å²) < 4.78 is 28.7. The maximum atomic E-state index is 12.9. The molecular formula is C18H23ClN2O2S. The number of hydrogen-bond donors (Lipinski definition) is 2. The minimum atomic E-state index is -3.56. The van der Waals surface area contributed by atoms with E-state index in [1.165, 1.54) is 0 Å². The third-order valence-corrected chi connectivity index (χ3v) is 5.88. The normalized spacial score (nSPS) is 21.0. The molecule has 0 bridgehead atoms. The topological polar surface area (TPSA) is 58.2 Å². The van der Waals surface area contributed by atoms with E-state index in [9.17, 15) is 8.42 Å². The predicted octanol–water partition coefficient (Wildman–Crippen LogP) is 3.19. The second kappa shape index (κ2) is 8.12. The molecule has 2 unspecified atom stereocenters. The van der Waals surface area contributed by atoms with Crippen molar-refractivity contribution in [3.8, 4) is 11.1 Å². The number of sulfonamides is 1. The van der Waals surface area contributed by atoms with Crippen molar-refractivity contribution >= 4 is 22.4 Å². The number of benzene rings is 2. The molecule has 2 N–H and O–H groups in total. The van der Waals surface area contributed by atoms with Crippen LogP contribution in [0.1, 0.15) is 19.8 Å². The molecule has 0 saturated carbocycles. The first-order valence-corrected chi connectivity index (χ1v) is 9.46. The van der Waals surface area contributed by atoms with E-state index in [1.807, 2.05) is 49.4 Å². The molecule has 3 rings (SSSR count). The van der Waals surface area contributed by atoms with Crippen LogP contribution in [0.15, 0.2) is 59.5 Å². The molecule has 2 aromatic carbocycles. The van der Waals surface area contributed by atoms with Gasteiger partial charge in [0.05, 0.1) is 4.90 Å². The first kappa shape index (κ1) is 18.9. The van der Waals surface area contributed by atoms with E-state index < -0.39 is 10.0 Å². The standard InChI is InChI=1S/C18H22N2O2S.ClH/c1-14-17(11-7-13-19-14)20-23(21,22)18-12-6-5-10-16(18)15-8-3-2-4-9-15;/h2-6,8-10,12,14,17,19-20H,7,11,13H2,1H3;1H. The summed E-state index contributed by atoms with van der Waals surface area (Å²) in [6.45, 7) is 2.97. The van der Waals surface area contributed by atoms with Crippen LogP contribution in [0.25, 0.3) is 11.1 Å². The van der Waals surface area contributed by atoms with Crippen LogP contribution in [0.3, 0.4) is 0 Å². The Morgan fingerprint density at radius 3 is 2.42 bits per heavy atom. The van der Waals surface area contributed by atoms with Gasteiger partial charge in [-0.3, -0.25) is 0 Å². The summed E-state index contributed by atoms with van der Waals surface area (Å²) in [6, 6.07) is 16.8. The Labute approximate surface area is 150 Å². The van der Waals surface area contributed by atoms with Crippen LogP contribution in [0.2, 0.25) is 0 Å². The molecular weight excluding hydrogens is 344 g/mol. The van der Waals surface area contributed by atoms with Crippen LogP contribution >= 0.6 is 12.4 Å². The maximum absolute atomic E-state index is 12.9. The Hall–Kier alpha value is -1.40. The van der Waals surface area contributed by atoms with Crippen molar-refractivity contribution in [3.05, 3.63) is 54.6 Å². The van der Waals surface area contributed by atoms with Crippen molar-refractivity contribution in [1.29, 1.82) is 0 Å². The summed E-state index contributed by atoms with van der Waals surface area (Å²) in [5.74, 6) is 0. The summed E-state index contributed by atoms with van der Waals surface area (Å²) >= 11 is 0. The largest absolute Gasteiger partial charge is 0.313 e. The molecule has 0 spiro atoms. The van der Waals surface area contributed by atoms with Gasteiger partial charge in [0.2, 0.25) is 10.0 Å². The van der Waals surface area contributed by atoms with Crippen molar-refractivity contribution in [2.45, 2.75) is 36.7 Å². The number of hydrogen-bond acceptors (Lipinski definition) is 3. The fraction of sp³-hybridized carbons (Fsp3) is 0.333. The zero-order valence-corrected chi connectivity index (χ0v) is 15.2. The van der Waals surface area contributed by atoms with Crippen LogP contribution in [0.5, 0.6) is 0 Å². The van der Waals surface area contributed by atoms with E-state index in [-0.39, 0.29) is 24.5 Å². The zero-order chi connectivity index (χ0) is 16.3. The summed E-state index contributed by atoms with van der Waals surface area (Å²) in [5.41, 5.74) is 1.64. The molecule has 1 heterocycles. The highest BCUT2D eigenvalue weighted by atomic mass is 35.5. The molecule has 0 amide bonds. The Bertz CT molecular complexity index is 766. The lowest BCUT2D eigenvalue weighted by Gasteiger charge is -2.30. The van der Waals surface area contributed by atoms with Crippen LogP contribution in [0.4, 0.5) is 0 Å². The minimum Gasteiger partial charge on any atom is -0.313 e. The number of nitrogens with one attached hydrogen (secondary N) is 2. The van der Waals surface area contributed by atoms with Crippen molar-refractivity contribution in [2.75, 3.05) is 6.54 Å². The van der Waals surface area contributed by atoms with Gasteiger partial charge in [0.25, 0.3) is 0 Å². The lowest BCUT2D eigenvalue weighted by molar-refractivity contribution is 0.349. The van der Waals surface area contributed by atoms with Gasteiger partial charge >= 0.3 is 0 Å². The SMILES string of the molecule is CC1NCCCC1NS(=O)(=O)c1ccccc1-c1ccccc1.Cl. The summed E-state index contributed by atoms with van der Waals surface area (Å²) in [6.07, 6.45) is 1.85. The average Bonchev–Trinajstić information content (AvgIpc) is 2.58. The summed E-state index contributed by atoms with van der Waals surface area (Å²) in [5, 5.41) is 3.33. The number of rotatable bonds is 4. The third-order valence-electron chi connectivity index (χ3n) is 4.33. The quantitative estimate of drug-likeness (QED) is 0.873. The molecule has 1 fully saturated rings. The first-order chi connectivity index (χ1) is 11.1. The molecule has 2 aromatic rings. The van der Waals surface area contributed by atoms with Crippen LogP contribution in [-0.2, 0) is 10.0 Å². The van der Waals surface area contributed by atoms with Crippen LogP contribution in [0, 0.1) is 0 Å². The second-order valence-electron chi connectivity index (χ2n) is 5.97. The van der Waals surface area contributed by atoms with Crippen molar-refractivity contribution < 1.29 is 8.42 Å². The van der Waals surface area contributed by atoms with Gasteiger partial charge in [0.1, 0.15) is 0 Å². The van der Waals surface area contributed by atoms with Gasteiger partial charge in [0.15, 0.2) is 0 Å². The molecule has 0 aliphatic carbocycles. The Kier molecular flexibility index (Phi) is 6.40. The monoisotopic (exact) mass is 366 g/mol. The maximum Gasteiger partial charge on any atom is 0.241 e. The van der Waals surface area contributed by atoms with E-state index in [2.05, 4.69) is 10.0 Å². The predicted molar refractivity (Wildman–Crippen MR) is 99.9 cm³/mol. The smallest absolute Gasteiger partial charge is 0.241 e. The van der Waals surface area contributed by atoms with E-state index in [0.29, 0.717) is 4.90 Å². The Balaban J connectivity index is 0.00000208. The van der Waals surface area contributed by atoms with Gasteiger partial charge < -0.3 is 5.32 Å². The fourth-order valence-electron chi connectivity index (χ4n) is 3.02. The number of piperidine rings is 1. The van der Waals surface area contributed by atoms with E-state index in [0.717, 1.165) is 30.5 Å². The molecule has 1 aliphatic rings. The van der Waals surface area contributed by atoms with Crippen molar-refractivity contribution in [1.82, 2.24) is 10.0 Å². The van der Waals surface area contributed by atoms with E-state index in [4.69, 9.17) is 0 Å². The van der Waals surface area contributed by atoms with E-state index >= 15 is 0 Å². The van der Waals surface area contributed by atoms with Gasteiger partial charge in [-0.25, -0.2) is 13.1 Å². The highest BCUT2D eigenvalue weighted by Gasteiger charge is 2.27. The average molecular weight is 367 g/mol. The highest BCUT2D eigenvalue weighted by Crippen LogP contribution is 2.27. The molecule has 0 aromatic heterocycles. The van der Waals surface area contributed by atoms with Gasteiger partial charge in [-0.1, -0.05) is 48.5 Å². The van der Waals surface area contributed by atoms with Gasteiger partial charge in [-0.15, -0.1) is 12.4 Å². The second-order valence-corrected chi connectivity index (χ2v) is 7.66. The van der Waals surface area contributed by atoms with E-state index in [1.54, 1.807) is 12.1 Å². The Morgan fingerprint density at radius 2 is 1.71 bits per heavy atom. The molecule has 0 radical (unpaired) electrons. The third kappa shape index (κ3) is 4.16. The fourth-order valence-corrected chi connectivity index (χ4v) is 4.61. The Morgan fingerprint density at radius 1 is 1.04 bits per heavy atom. The highest BCUT2D eigenvalue weighted by molar-refractivity contribution is 7.89. The van der Waals surface area contributed by atoms with Gasteiger partial charge in [-0.2, -0.15) is 0 Å². The molecule has 2 atom stereocenters. The van der Waals surface area contributed by atoms with Crippen molar-refractivity contribution in [2.24, 2.45) is 0 Å². The minimum absolute atomic E-state index is 0. The van der Waals surface area contributed by atoms with Crippen LogP contribution < -0.4 is 10.0 Å². The lowest BCUT2D eigenvalue weighted by Crippen LogP contribution is -2.51. The first-order valence-electron chi connectivity index (χ1n) is 7.98. The molecule has 1 saturated heterocycles. The number of halogens is 1.